The van der Waals surface area contributed by atoms with Gasteiger partial charge in [-0.25, -0.2) is 8.42 Å². The van der Waals surface area contributed by atoms with Crippen molar-refractivity contribution in [2.24, 2.45) is 5.92 Å². The van der Waals surface area contributed by atoms with E-state index in [1.807, 2.05) is 12.1 Å². The second-order valence-corrected chi connectivity index (χ2v) is 8.52. The van der Waals surface area contributed by atoms with Gasteiger partial charge in [0.05, 0.1) is 9.79 Å². The average molecular weight is 378 g/mol. The number of benzene rings is 2. The molecule has 2 aromatic carbocycles. The van der Waals surface area contributed by atoms with Gasteiger partial charge in [0.15, 0.2) is 0 Å². The third-order valence-corrected chi connectivity index (χ3v) is 6.47. The first-order valence-electron chi connectivity index (χ1n) is 8.67. The maximum Gasteiger partial charge on any atom is 0.228 e. The van der Waals surface area contributed by atoms with Crippen molar-refractivity contribution in [2.75, 3.05) is 5.32 Å². The third-order valence-electron chi connectivity index (χ3n) is 4.71. The Labute approximate surface area is 158 Å². The lowest BCUT2D eigenvalue weighted by atomic mass is 10.1. The van der Waals surface area contributed by atoms with Crippen LogP contribution in [0.25, 0.3) is 0 Å². The van der Waals surface area contributed by atoms with Gasteiger partial charge in [0.1, 0.15) is 0 Å². The molecule has 0 bridgehead atoms. The number of pyridine rings is 1. The number of sulfone groups is 1. The summed E-state index contributed by atoms with van der Waals surface area (Å²) in [4.78, 5) is 17.0. The number of anilines is 1. The Morgan fingerprint density at radius 3 is 2.48 bits per heavy atom. The number of hydrogen-bond acceptors (Lipinski definition) is 4. The summed E-state index contributed by atoms with van der Waals surface area (Å²) in [5.74, 6) is -0.0309. The largest absolute Gasteiger partial charge is 0.326 e. The Balaban J connectivity index is 1.50. The molecule has 0 radical (unpaired) electrons. The Bertz CT molecular complexity index is 1070. The van der Waals surface area contributed by atoms with Crippen LogP contribution < -0.4 is 5.32 Å². The topological polar surface area (TPSA) is 76.1 Å². The average Bonchev–Trinajstić information content (AvgIpc) is 3.51. The lowest BCUT2D eigenvalue weighted by Gasteiger charge is -2.09. The summed E-state index contributed by atoms with van der Waals surface area (Å²) in [6.45, 7) is 0. The normalized spacial score (nSPS) is 18.7. The fourth-order valence-corrected chi connectivity index (χ4v) is 4.49. The molecule has 1 heterocycles. The molecule has 5 nitrogen and oxygen atoms in total. The Morgan fingerprint density at radius 2 is 1.74 bits per heavy atom. The van der Waals surface area contributed by atoms with E-state index in [2.05, 4.69) is 10.3 Å². The number of nitrogens with one attached hydrogen (secondary N) is 1. The second kappa shape index (κ2) is 6.96. The molecule has 3 aromatic rings. The highest BCUT2D eigenvalue weighted by atomic mass is 32.2. The summed E-state index contributed by atoms with van der Waals surface area (Å²) in [6, 6.07) is 18.5. The highest BCUT2D eigenvalue weighted by Gasteiger charge is 2.44. The van der Waals surface area contributed by atoms with Crippen molar-refractivity contribution in [1.82, 2.24) is 4.98 Å². The second-order valence-electron chi connectivity index (χ2n) is 6.57. The van der Waals surface area contributed by atoms with Crippen molar-refractivity contribution in [3.63, 3.8) is 0 Å². The predicted octanol–water partition coefficient (Wildman–Crippen LogP) is 3.66. The van der Waals surface area contributed by atoms with Gasteiger partial charge in [-0.15, -0.1) is 0 Å². The predicted molar refractivity (Wildman–Crippen MR) is 102 cm³/mol. The van der Waals surface area contributed by atoms with Crippen LogP contribution >= 0.6 is 0 Å². The molecular formula is C21H18N2O3S. The van der Waals surface area contributed by atoms with Crippen LogP contribution in [0.2, 0.25) is 0 Å². The van der Waals surface area contributed by atoms with Crippen LogP contribution in [0.1, 0.15) is 17.9 Å². The number of carbonyl (C=O) groups is 1. The number of amides is 1. The number of carbonyl (C=O) groups excluding carboxylic acids is 1. The molecule has 6 heteroatoms. The quantitative estimate of drug-likeness (QED) is 0.735. The van der Waals surface area contributed by atoms with Gasteiger partial charge in [-0.1, -0.05) is 30.3 Å². The fraction of sp³-hybridized carbons (Fsp3) is 0.143. The number of hydrogen-bond donors (Lipinski definition) is 1. The molecule has 1 saturated carbocycles. The van der Waals surface area contributed by atoms with E-state index < -0.39 is 9.84 Å². The van der Waals surface area contributed by atoms with Crippen LogP contribution in [-0.4, -0.2) is 19.3 Å². The van der Waals surface area contributed by atoms with Gasteiger partial charge in [0.25, 0.3) is 0 Å². The Kier molecular flexibility index (Phi) is 4.49. The van der Waals surface area contributed by atoms with Gasteiger partial charge in [-0.2, -0.15) is 0 Å². The molecule has 0 aliphatic heterocycles. The van der Waals surface area contributed by atoms with Crippen molar-refractivity contribution in [3.8, 4) is 0 Å². The zero-order chi connectivity index (χ0) is 18.9. The summed E-state index contributed by atoms with van der Waals surface area (Å²) >= 11 is 0. The van der Waals surface area contributed by atoms with E-state index >= 15 is 0 Å². The van der Waals surface area contributed by atoms with E-state index in [1.54, 1.807) is 54.9 Å². The van der Waals surface area contributed by atoms with Gasteiger partial charge >= 0.3 is 0 Å². The SMILES string of the molecule is O=C(Nc1cccc(S(=O)(=O)c2ccccc2)c1)[C@H]1C[C@@H]1c1cccnc1. The zero-order valence-electron chi connectivity index (χ0n) is 14.4. The van der Waals surface area contributed by atoms with E-state index in [-0.39, 0.29) is 27.5 Å². The van der Waals surface area contributed by atoms with Gasteiger partial charge < -0.3 is 5.32 Å². The summed E-state index contributed by atoms with van der Waals surface area (Å²) in [5, 5.41) is 2.84. The highest BCUT2D eigenvalue weighted by molar-refractivity contribution is 7.91. The first-order valence-corrected chi connectivity index (χ1v) is 10.1. The minimum atomic E-state index is -3.62. The standard InChI is InChI=1S/C21H18N2O3S/c24-21(20-13-19(20)15-6-5-11-22-14-15)23-16-7-4-10-18(12-16)27(25,26)17-8-2-1-3-9-17/h1-12,14,19-20H,13H2,(H,23,24)/t19-,20+/m1/s1. The van der Waals surface area contributed by atoms with Crippen molar-refractivity contribution in [3.05, 3.63) is 84.7 Å². The molecular weight excluding hydrogens is 360 g/mol. The highest BCUT2D eigenvalue weighted by Crippen LogP contribution is 2.47. The molecule has 1 fully saturated rings. The molecule has 27 heavy (non-hydrogen) atoms. The molecule has 0 unspecified atom stereocenters. The third kappa shape index (κ3) is 3.61. The monoisotopic (exact) mass is 378 g/mol. The van der Waals surface area contributed by atoms with Crippen LogP contribution in [0.3, 0.4) is 0 Å². The lowest BCUT2D eigenvalue weighted by molar-refractivity contribution is -0.117. The summed E-state index contributed by atoms with van der Waals surface area (Å²) in [7, 11) is -3.62. The molecule has 2 atom stereocenters. The van der Waals surface area contributed by atoms with Crippen molar-refractivity contribution >= 4 is 21.4 Å². The summed E-state index contributed by atoms with van der Waals surface area (Å²) in [6.07, 6.45) is 4.27. The molecule has 0 spiro atoms. The maximum atomic E-state index is 12.7. The molecule has 1 amide bonds. The summed E-state index contributed by atoms with van der Waals surface area (Å²) < 4.78 is 25.5. The first kappa shape index (κ1) is 17.4. The van der Waals surface area contributed by atoms with Gasteiger partial charge in [-0.05, 0) is 54.3 Å². The van der Waals surface area contributed by atoms with E-state index in [4.69, 9.17) is 0 Å². The van der Waals surface area contributed by atoms with Crippen molar-refractivity contribution < 1.29 is 13.2 Å². The van der Waals surface area contributed by atoms with Crippen LogP contribution in [0, 0.1) is 5.92 Å². The number of nitrogens with zero attached hydrogens (tertiary/aromatic N) is 1. The first-order chi connectivity index (χ1) is 13.1. The Morgan fingerprint density at radius 1 is 0.963 bits per heavy atom. The fourth-order valence-electron chi connectivity index (χ4n) is 3.16. The van der Waals surface area contributed by atoms with Crippen LogP contribution in [-0.2, 0) is 14.6 Å². The smallest absolute Gasteiger partial charge is 0.228 e. The lowest BCUT2D eigenvalue weighted by Crippen LogP contribution is -2.15. The van der Waals surface area contributed by atoms with E-state index in [9.17, 15) is 13.2 Å². The zero-order valence-corrected chi connectivity index (χ0v) is 15.3. The van der Waals surface area contributed by atoms with Gasteiger partial charge in [-0.3, -0.25) is 9.78 Å². The van der Waals surface area contributed by atoms with Gasteiger partial charge in [0, 0.05) is 24.0 Å². The molecule has 1 aliphatic rings. The number of aromatic nitrogens is 1. The molecule has 136 valence electrons. The van der Waals surface area contributed by atoms with Crippen LogP contribution in [0.5, 0.6) is 0 Å². The molecule has 4 rings (SSSR count). The summed E-state index contributed by atoms with van der Waals surface area (Å²) in [5.41, 5.74) is 1.53. The van der Waals surface area contributed by atoms with Crippen molar-refractivity contribution in [2.45, 2.75) is 22.1 Å². The maximum absolute atomic E-state index is 12.7. The molecule has 1 aliphatic carbocycles. The van der Waals surface area contributed by atoms with Crippen LogP contribution in [0.15, 0.2) is 88.9 Å². The van der Waals surface area contributed by atoms with Crippen LogP contribution in [0.4, 0.5) is 5.69 Å². The van der Waals surface area contributed by atoms with E-state index in [0.29, 0.717) is 5.69 Å². The Hall–Kier alpha value is -2.99. The van der Waals surface area contributed by atoms with Gasteiger partial charge in [0.2, 0.25) is 15.7 Å². The molecule has 0 saturated heterocycles. The minimum absolute atomic E-state index is 0.0990. The number of rotatable bonds is 5. The van der Waals surface area contributed by atoms with E-state index in [1.165, 1.54) is 12.1 Å². The van der Waals surface area contributed by atoms with E-state index in [0.717, 1.165) is 12.0 Å². The minimum Gasteiger partial charge on any atom is -0.326 e. The molecule has 1 N–H and O–H groups in total. The van der Waals surface area contributed by atoms with Crippen molar-refractivity contribution in [1.29, 1.82) is 0 Å². The molecule has 1 aromatic heterocycles.